The van der Waals surface area contributed by atoms with Crippen LogP contribution in [0.25, 0.3) is 5.65 Å². The van der Waals surface area contributed by atoms with Gasteiger partial charge in [0.1, 0.15) is 5.69 Å². The number of nitrogens with zero attached hydrogens (tertiary/aromatic N) is 5. The molecule has 0 saturated heterocycles. The lowest BCUT2D eigenvalue weighted by Crippen LogP contribution is -2.21. The van der Waals surface area contributed by atoms with Gasteiger partial charge < -0.3 is 5.73 Å². The lowest BCUT2D eigenvalue weighted by atomic mass is 10.2. The molecule has 0 fully saturated rings. The Labute approximate surface area is 117 Å². The fourth-order valence-electron chi connectivity index (χ4n) is 2.02. The lowest BCUT2D eigenvalue weighted by molar-refractivity contribution is -0.383. The number of nitro groups is 1. The maximum atomic E-state index is 12.1. The molecule has 2 N–H and O–H groups in total. The first-order valence-corrected chi connectivity index (χ1v) is 5.98. The van der Waals surface area contributed by atoms with Gasteiger partial charge in [0.2, 0.25) is 0 Å². The lowest BCUT2D eigenvalue weighted by Gasteiger charge is -2.02. The summed E-state index contributed by atoms with van der Waals surface area (Å²) in [5, 5.41) is 14.8. The smallest absolute Gasteiger partial charge is 0.350 e. The summed E-state index contributed by atoms with van der Waals surface area (Å²) in [5.74, 6) is 0. The van der Waals surface area contributed by atoms with E-state index in [1.165, 1.54) is 39.8 Å². The molecule has 21 heavy (non-hydrogen) atoms. The SMILES string of the molecule is Nc1cc(Cn2nc3cnccn3c2=O)ccc1[N+](=O)[O-]. The van der Waals surface area contributed by atoms with Crippen molar-refractivity contribution in [2.24, 2.45) is 0 Å². The van der Waals surface area contributed by atoms with Crippen molar-refractivity contribution in [3.8, 4) is 0 Å². The third-order valence-corrected chi connectivity index (χ3v) is 3.01. The van der Waals surface area contributed by atoms with E-state index in [0.717, 1.165) is 0 Å². The Kier molecular flexibility index (Phi) is 2.87. The summed E-state index contributed by atoms with van der Waals surface area (Å²) < 4.78 is 2.61. The molecule has 106 valence electrons. The minimum Gasteiger partial charge on any atom is -0.393 e. The van der Waals surface area contributed by atoms with Crippen LogP contribution in [0.1, 0.15) is 5.56 Å². The van der Waals surface area contributed by atoms with Gasteiger partial charge in [-0.3, -0.25) is 15.1 Å². The summed E-state index contributed by atoms with van der Waals surface area (Å²) in [6, 6.07) is 4.32. The van der Waals surface area contributed by atoms with E-state index >= 15 is 0 Å². The Hall–Kier alpha value is -3.23. The average Bonchev–Trinajstić information content (AvgIpc) is 2.76. The largest absolute Gasteiger partial charge is 0.393 e. The van der Waals surface area contributed by atoms with Gasteiger partial charge in [0.25, 0.3) is 5.69 Å². The minimum atomic E-state index is -0.554. The maximum Gasteiger partial charge on any atom is 0.350 e. The number of nitrogen functional groups attached to an aromatic ring is 1. The zero-order valence-corrected chi connectivity index (χ0v) is 10.7. The number of hydrogen-bond acceptors (Lipinski definition) is 6. The number of anilines is 1. The molecule has 2 aromatic heterocycles. The zero-order valence-electron chi connectivity index (χ0n) is 10.7. The van der Waals surface area contributed by atoms with Gasteiger partial charge in [0.05, 0.1) is 17.7 Å². The van der Waals surface area contributed by atoms with Crippen molar-refractivity contribution in [3.63, 3.8) is 0 Å². The number of nitrogens with two attached hydrogens (primary N) is 1. The van der Waals surface area contributed by atoms with Gasteiger partial charge in [0, 0.05) is 18.5 Å². The fraction of sp³-hybridized carbons (Fsp3) is 0.0833. The number of fused-ring (bicyclic) bond motifs is 1. The van der Waals surface area contributed by atoms with Crippen LogP contribution in [-0.2, 0) is 6.54 Å². The number of hydrogen-bond donors (Lipinski definition) is 1. The van der Waals surface area contributed by atoms with Crippen LogP contribution >= 0.6 is 0 Å². The second-order valence-corrected chi connectivity index (χ2v) is 4.40. The molecule has 3 aromatic rings. The molecule has 9 heteroatoms. The third kappa shape index (κ3) is 2.20. The fourth-order valence-corrected chi connectivity index (χ4v) is 2.02. The van der Waals surface area contributed by atoms with Gasteiger partial charge in [-0.05, 0) is 11.6 Å². The second kappa shape index (κ2) is 4.71. The zero-order chi connectivity index (χ0) is 15.0. The Balaban J connectivity index is 1.99. The van der Waals surface area contributed by atoms with Gasteiger partial charge in [0.15, 0.2) is 5.65 Å². The molecule has 0 amide bonds. The molecule has 9 nitrogen and oxygen atoms in total. The molecule has 0 saturated carbocycles. The Morgan fingerprint density at radius 2 is 2.19 bits per heavy atom. The number of benzene rings is 1. The standard InChI is InChI=1S/C12H10N6O3/c13-9-5-8(1-2-10(9)18(20)21)7-17-12(19)16-4-3-14-6-11(16)15-17/h1-6H,7,13H2. The molecular formula is C12H10N6O3. The second-order valence-electron chi connectivity index (χ2n) is 4.40. The number of rotatable bonds is 3. The average molecular weight is 286 g/mol. The van der Waals surface area contributed by atoms with Crippen LogP contribution in [-0.4, -0.2) is 24.1 Å². The van der Waals surface area contributed by atoms with Crippen molar-refractivity contribution in [1.82, 2.24) is 19.2 Å². The molecule has 0 radical (unpaired) electrons. The van der Waals surface area contributed by atoms with Crippen LogP contribution in [0.15, 0.2) is 41.6 Å². The molecule has 0 aliphatic heterocycles. The monoisotopic (exact) mass is 286 g/mol. The van der Waals surface area contributed by atoms with E-state index in [1.807, 2.05) is 0 Å². The van der Waals surface area contributed by atoms with E-state index < -0.39 is 4.92 Å². The normalized spacial score (nSPS) is 10.9. The van der Waals surface area contributed by atoms with Crippen molar-refractivity contribution in [3.05, 3.63) is 63.0 Å². The summed E-state index contributed by atoms with van der Waals surface area (Å²) in [5.41, 5.74) is 6.28. The molecular weight excluding hydrogens is 276 g/mol. The minimum absolute atomic E-state index is 0.0518. The van der Waals surface area contributed by atoms with Crippen molar-refractivity contribution >= 4 is 17.0 Å². The highest BCUT2D eigenvalue weighted by Gasteiger charge is 2.12. The van der Waals surface area contributed by atoms with Crippen molar-refractivity contribution in [2.45, 2.75) is 6.54 Å². The van der Waals surface area contributed by atoms with Crippen LogP contribution in [0, 0.1) is 10.1 Å². The van der Waals surface area contributed by atoms with Gasteiger partial charge in [-0.2, -0.15) is 0 Å². The van der Waals surface area contributed by atoms with Gasteiger partial charge >= 0.3 is 5.69 Å². The van der Waals surface area contributed by atoms with Crippen LogP contribution in [0.5, 0.6) is 0 Å². The molecule has 0 spiro atoms. The van der Waals surface area contributed by atoms with E-state index in [2.05, 4.69) is 10.1 Å². The summed E-state index contributed by atoms with van der Waals surface area (Å²) >= 11 is 0. The quantitative estimate of drug-likeness (QED) is 0.423. The predicted molar refractivity (Wildman–Crippen MR) is 73.9 cm³/mol. The first-order valence-electron chi connectivity index (χ1n) is 5.98. The molecule has 0 atom stereocenters. The molecule has 0 bridgehead atoms. The van der Waals surface area contributed by atoms with E-state index in [9.17, 15) is 14.9 Å². The van der Waals surface area contributed by atoms with Crippen molar-refractivity contribution in [2.75, 3.05) is 5.73 Å². The van der Waals surface area contributed by atoms with E-state index in [0.29, 0.717) is 11.2 Å². The highest BCUT2D eigenvalue weighted by molar-refractivity contribution is 5.59. The van der Waals surface area contributed by atoms with E-state index in [4.69, 9.17) is 5.73 Å². The van der Waals surface area contributed by atoms with Crippen LogP contribution < -0.4 is 11.4 Å². The van der Waals surface area contributed by atoms with Crippen LogP contribution in [0.2, 0.25) is 0 Å². The summed E-state index contributed by atoms with van der Waals surface area (Å²) in [6.07, 6.45) is 4.48. The summed E-state index contributed by atoms with van der Waals surface area (Å²) in [7, 11) is 0. The first kappa shape index (κ1) is 12.8. The number of nitro benzene ring substituents is 1. The summed E-state index contributed by atoms with van der Waals surface area (Å²) in [4.78, 5) is 26.1. The predicted octanol–water partition coefficient (Wildman–Crippen LogP) is 0.430. The highest BCUT2D eigenvalue weighted by atomic mass is 16.6. The van der Waals surface area contributed by atoms with Crippen molar-refractivity contribution < 1.29 is 4.92 Å². The molecule has 2 heterocycles. The molecule has 0 unspecified atom stereocenters. The van der Waals surface area contributed by atoms with Crippen LogP contribution in [0.3, 0.4) is 0 Å². The number of aromatic nitrogens is 4. The van der Waals surface area contributed by atoms with Gasteiger partial charge in [-0.1, -0.05) is 6.07 Å². The molecule has 3 rings (SSSR count). The Morgan fingerprint density at radius 1 is 1.38 bits per heavy atom. The van der Waals surface area contributed by atoms with E-state index in [-0.39, 0.29) is 23.6 Å². The first-order chi connectivity index (χ1) is 10.1. The molecule has 0 aliphatic carbocycles. The maximum absolute atomic E-state index is 12.1. The molecule has 1 aromatic carbocycles. The van der Waals surface area contributed by atoms with Crippen molar-refractivity contribution in [1.29, 1.82) is 0 Å². The molecule has 0 aliphatic rings. The van der Waals surface area contributed by atoms with Crippen LogP contribution in [0.4, 0.5) is 11.4 Å². The van der Waals surface area contributed by atoms with Gasteiger partial charge in [-0.15, -0.1) is 5.10 Å². The highest BCUT2D eigenvalue weighted by Crippen LogP contribution is 2.22. The Bertz CT molecular complexity index is 897. The van der Waals surface area contributed by atoms with E-state index in [1.54, 1.807) is 6.07 Å². The summed E-state index contributed by atoms with van der Waals surface area (Å²) in [6.45, 7) is 0.169. The topological polar surface area (TPSA) is 121 Å². The Morgan fingerprint density at radius 3 is 2.86 bits per heavy atom. The third-order valence-electron chi connectivity index (χ3n) is 3.01. The van der Waals surface area contributed by atoms with Gasteiger partial charge in [-0.25, -0.2) is 13.9 Å².